The van der Waals surface area contributed by atoms with Gasteiger partial charge in [0.2, 0.25) is 0 Å². The van der Waals surface area contributed by atoms with Gasteiger partial charge in [0.05, 0.1) is 6.10 Å². The molecule has 0 saturated heterocycles. The summed E-state index contributed by atoms with van der Waals surface area (Å²) in [7, 11) is 1.52. The molecule has 0 aromatic rings. The molecule has 1 nitrogen and oxygen atoms in total. The first-order valence-electron chi connectivity index (χ1n) is 2.43. The first kappa shape index (κ1) is 6.89. The summed E-state index contributed by atoms with van der Waals surface area (Å²) in [5.41, 5.74) is 0. The van der Waals surface area contributed by atoms with Crippen LogP contribution in [0.5, 0.6) is 0 Å². The summed E-state index contributed by atoms with van der Waals surface area (Å²) in [5.74, 6) is 0. The third-order valence-corrected chi connectivity index (χ3v) is 0.961. The second-order valence-corrected chi connectivity index (χ2v) is 1.42. The maximum atomic E-state index is 11.5. The van der Waals surface area contributed by atoms with E-state index in [2.05, 4.69) is 4.74 Å². The molecule has 0 heterocycles. The van der Waals surface area contributed by atoms with Gasteiger partial charge in [0.25, 0.3) is 0 Å². The zero-order chi connectivity index (χ0) is 5.70. The monoisotopic (exact) mass is 106 g/mol. The molecule has 1 atom stereocenters. The average molecular weight is 106 g/mol. The van der Waals surface area contributed by atoms with E-state index in [9.17, 15) is 4.39 Å². The third-order valence-electron chi connectivity index (χ3n) is 0.961. The predicted octanol–water partition coefficient (Wildman–Crippen LogP) is 1.38. The highest BCUT2D eigenvalue weighted by Gasteiger charge is 1.99. The Morgan fingerprint density at radius 3 is 2.29 bits per heavy atom. The lowest BCUT2D eigenvalue weighted by Crippen LogP contribution is -2.10. The van der Waals surface area contributed by atoms with Gasteiger partial charge in [0.1, 0.15) is 6.67 Å². The van der Waals surface area contributed by atoms with Gasteiger partial charge in [-0.1, -0.05) is 6.92 Å². The summed E-state index contributed by atoms with van der Waals surface area (Å²) in [6.07, 6.45) is 0.576. The first-order chi connectivity index (χ1) is 3.35. The summed E-state index contributed by atoms with van der Waals surface area (Å²) in [6.45, 7) is 1.53. The number of rotatable bonds is 3. The highest BCUT2D eigenvalue weighted by atomic mass is 19.1. The molecule has 0 bridgehead atoms. The lowest BCUT2D eigenvalue weighted by atomic mass is 10.3. The van der Waals surface area contributed by atoms with E-state index in [0.29, 0.717) is 0 Å². The molecule has 0 N–H and O–H groups in total. The standard InChI is InChI=1S/C5H11FO/c1-3-5(4-6)7-2/h5H,3-4H2,1-2H3/t5-/m0/s1. The molecule has 2 heteroatoms. The van der Waals surface area contributed by atoms with Gasteiger partial charge in [-0.2, -0.15) is 0 Å². The molecular weight excluding hydrogens is 95.1 g/mol. The molecule has 0 aliphatic heterocycles. The van der Waals surface area contributed by atoms with E-state index >= 15 is 0 Å². The molecule has 0 spiro atoms. The van der Waals surface area contributed by atoms with E-state index in [1.165, 1.54) is 7.11 Å². The van der Waals surface area contributed by atoms with Crippen molar-refractivity contribution < 1.29 is 9.13 Å². The summed E-state index contributed by atoms with van der Waals surface area (Å²) in [5, 5.41) is 0. The Hall–Kier alpha value is -0.110. The molecule has 0 aromatic heterocycles. The minimum Gasteiger partial charge on any atom is -0.379 e. The van der Waals surface area contributed by atoms with Crippen LogP contribution in [0.1, 0.15) is 13.3 Å². The molecule has 7 heavy (non-hydrogen) atoms. The van der Waals surface area contributed by atoms with Crippen LogP contribution in [-0.4, -0.2) is 19.9 Å². The fourth-order valence-corrected chi connectivity index (χ4v) is 0.339. The number of halogens is 1. The van der Waals surface area contributed by atoms with E-state index in [4.69, 9.17) is 0 Å². The summed E-state index contributed by atoms with van der Waals surface area (Å²) in [4.78, 5) is 0. The van der Waals surface area contributed by atoms with Gasteiger partial charge < -0.3 is 4.74 Å². The second kappa shape index (κ2) is 4.06. The van der Waals surface area contributed by atoms with E-state index in [0.717, 1.165) is 6.42 Å². The Labute approximate surface area is 43.5 Å². The summed E-state index contributed by atoms with van der Waals surface area (Å²) in [6, 6.07) is 0. The van der Waals surface area contributed by atoms with Crippen LogP contribution < -0.4 is 0 Å². The zero-order valence-electron chi connectivity index (χ0n) is 4.78. The SMILES string of the molecule is CC[C@@H](CF)OC. The van der Waals surface area contributed by atoms with E-state index in [-0.39, 0.29) is 12.8 Å². The molecule has 0 rings (SSSR count). The Kier molecular flexibility index (Phi) is 4.00. The van der Waals surface area contributed by atoms with Crippen LogP contribution in [0.2, 0.25) is 0 Å². The number of ether oxygens (including phenoxy) is 1. The van der Waals surface area contributed by atoms with Gasteiger partial charge in [-0.15, -0.1) is 0 Å². The van der Waals surface area contributed by atoms with Crippen molar-refractivity contribution in [1.29, 1.82) is 0 Å². The lowest BCUT2D eigenvalue weighted by molar-refractivity contribution is 0.0766. The Morgan fingerprint density at radius 2 is 2.29 bits per heavy atom. The van der Waals surface area contributed by atoms with Crippen molar-refractivity contribution in [2.24, 2.45) is 0 Å². The molecule has 0 radical (unpaired) electrons. The molecular formula is C5H11FO. The molecule has 44 valence electrons. The number of hydrogen-bond donors (Lipinski definition) is 0. The van der Waals surface area contributed by atoms with Crippen LogP contribution in [-0.2, 0) is 4.74 Å². The van der Waals surface area contributed by atoms with Crippen molar-refractivity contribution in [3.05, 3.63) is 0 Å². The fourth-order valence-electron chi connectivity index (χ4n) is 0.339. The van der Waals surface area contributed by atoms with Gasteiger partial charge >= 0.3 is 0 Å². The van der Waals surface area contributed by atoms with E-state index < -0.39 is 0 Å². The van der Waals surface area contributed by atoms with Crippen LogP contribution in [0.3, 0.4) is 0 Å². The molecule has 0 amide bonds. The quantitative estimate of drug-likeness (QED) is 0.528. The normalized spacial score (nSPS) is 14.1. The van der Waals surface area contributed by atoms with Crippen LogP contribution in [0.4, 0.5) is 4.39 Å². The number of alkyl halides is 1. The number of hydrogen-bond acceptors (Lipinski definition) is 1. The molecule has 0 aromatic carbocycles. The van der Waals surface area contributed by atoms with E-state index in [1.54, 1.807) is 0 Å². The minimum absolute atomic E-state index is 0.181. The topological polar surface area (TPSA) is 9.23 Å². The fraction of sp³-hybridized carbons (Fsp3) is 1.00. The summed E-state index contributed by atoms with van der Waals surface area (Å²) >= 11 is 0. The zero-order valence-corrected chi connectivity index (χ0v) is 4.78. The Bertz CT molecular complexity index is 29.6. The van der Waals surface area contributed by atoms with Crippen molar-refractivity contribution in [3.8, 4) is 0 Å². The van der Waals surface area contributed by atoms with Gasteiger partial charge in [-0.05, 0) is 6.42 Å². The maximum Gasteiger partial charge on any atom is 0.116 e. The van der Waals surface area contributed by atoms with Crippen LogP contribution >= 0.6 is 0 Å². The first-order valence-corrected chi connectivity index (χ1v) is 2.43. The van der Waals surface area contributed by atoms with Crippen molar-refractivity contribution in [1.82, 2.24) is 0 Å². The van der Waals surface area contributed by atoms with Gasteiger partial charge in [0.15, 0.2) is 0 Å². The van der Waals surface area contributed by atoms with Gasteiger partial charge in [0, 0.05) is 7.11 Å². The molecule has 0 fully saturated rings. The predicted molar refractivity (Wildman–Crippen MR) is 27.1 cm³/mol. The van der Waals surface area contributed by atoms with Crippen molar-refractivity contribution >= 4 is 0 Å². The molecule has 0 unspecified atom stereocenters. The molecule has 0 aliphatic rings. The Morgan fingerprint density at radius 1 is 1.71 bits per heavy atom. The van der Waals surface area contributed by atoms with Crippen LogP contribution in [0.25, 0.3) is 0 Å². The molecule has 0 aliphatic carbocycles. The maximum absolute atomic E-state index is 11.5. The van der Waals surface area contributed by atoms with Crippen molar-refractivity contribution in [2.75, 3.05) is 13.8 Å². The third kappa shape index (κ3) is 2.57. The second-order valence-electron chi connectivity index (χ2n) is 1.42. The Balaban J connectivity index is 2.99. The smallest absolute Gasteiger partial charge is 0.116 e. The van der Waals surface area contributed by atoms with Crippen LogP contribution in [0, 0.1) is 0 Å². The van der Waals surface area contributed by atoms with Crippen molar-refractivity contribution in [3.63, 3.8) is 0 Å². The number of methoxy groups -OCH3 is 1. The molecule has 0 saturated carbocycles. The van der Waals surface area contributed by atoms with Crippen LogP contribution in [0.15, 0.2) is 0 Å². The highest BCUT2D eigenvalue weighted by molar-refractivity contribution is 4.48. The van der Waals surface area contributed by atoms with Gasteiger partial charge in [-0.25, -0.2) is 4.39 Å². The van der Waals surface area contributed by atoms with E-state index in [1.807, 2.05) is 6.92 Å². The summed E-state index contributed by atoms with van der Waals surface area (Å²) < 4.78 is 16.2. The van der Waals surface area contributed by atoms with Gasteiger partial charge in [-0.3, -0.25) is 0 Å². The largest absolute Gasteiger partial charge is 0.379 e. The lowest BCUT2D eigenvalue weighted by Gasteiger charge is -2.04. The minimum atomic E-state index is -0.368. The highest BCUT2D eigenvalue weighted by Crippen LogP contribution is 1.94. The van der Waals surface area contributed by atoms with Crippen molar-refractivity contribution in [2.45, 2.75) is 19.4 Å². The average Bonchev–Trinajstić information content (AvgIpc) is 1.72.